The molecular weight excluding hydrogens is 353 g/mol. The molecule has 27 heavy (non-hydrogen) atoms. The van der Waals surface area contributed by atoms with E-state index < -0.39 is 17.8 Å². The number of carbonyl (C=O) groups excluding carboxylic acids is 2. The van der Waals surface area contributed by atoms with E-state index in [9.17, 15) is 14.0 Å². The van der Waals surface area contributed by atoms with Gasteiger partial charge in [-0.05, 0) is 36.2 Å². The summed E-state index contributed by atoms with van der Waals surface area (Å²) in [5, 5.41) is 8.67. The molecule has 0 amide bonds. The number of ether oxygens (including phenoxy) is 3. The van der Waals surface area contributed by atoms with Gasteiger partial charge >= 0.3 is 11.9 Å². The minimum Gasteiger partial charge on any atom is -0.457 e. The van der Waals surface area contributed by atoms with E-state index >= 15 is 0 Å². The van der Waals surface area contributed by atoms with Crippen LogP contribution in [0.5, 0.6) is 11.5 Å². The van der Waals surface area contributed by atoms with Gasteiger partial charge in [0.2, 0.25) is 6.79 Å². The van der Waals surface area contributed by atoms with E-state index in [2.05, 4.69) is 6.58 Å². The Labute approximate surface area is 155 Å². The van der Waals surface area contributed by atoms with Crippen molar-refractivity contribution in [3.05, 3.63) is 72.1 Å². The van der Waals surface area contributed by atoms with Gasteiger partial charge in [-0.15, -0.1) is 0 Å². The molecule has 0 radical (unpaired) electrons. The van der Waals surface area contributed by atoms with E-state index in [4.69, 9.17) is 19.5 Å². The van der Waals surface area contributed by atoms with E-state index in [1.807, 2.05) is 0 Å². The lowest BCUT2D eigenvalue weighted by Crippen LogP contribution is -2.09. The maximum Gasteiger partial charge on any atom is 0.333 e. The Kier molecular flexibility index (Phi) is 7.08. The van der Waals surface area contributed by atoms with Gasteiger partial charge in [0.25, 0.3) is 0 Å². The highest BCUT2D eigenvalue weighted by atomic mass is 19.1. The first-order valence-corrected chi connectivity index (χ1v) is 7.93. The lowest BCUT2D eigenvalue weighted by molar-refractivity contribution is -0.144. The molecule has 0 aliphatic rings. The zero-order chi connectivity index (χ0) is 19.6. The summed E-state index contributed by atoms with van der Waals surface area (Å²) < 4.78 is 28.5. The standard InChI is InChI=1S/C20H16FNO5/c1-2-19(23)26-13-25-16-7-3-14(4-8-16)5-10-20(24)27-17-9-6-15(12-22)18(21)11-17/h2-4,6-9,11H,1,5,10,13H2. The molecule has 0 aromatic heterocycles. The second-order valence-corrected chi connectivity index (χ2v) is 5.30. The maximum atomic E-state index is 13.5. The predicted molar refractivity (Wildman–Crippen MR) is 93.3 cm³/mol. The quantitative estimate of drug-likeness (QED) is 0.307. The Morgan fingerprint density at radius 1 is 1.15 bits per heavy atom. The van der Waals surface area contributed by atoms with Crippen molar-refractivity contribution < 1.29 is 28.2 Å². The summed E-state index contributed by atoms with van der Waals surface area (Å²) in [5.41, 5.74) is 0.754. The van der Waals surface area contributed by atoms with Crippen molar-refractivity contribution in [3.63, 3.8) is 0 Å². The van der Waals surface area contributed by atoms with Gasteiger partial charge in [-0.2, -0.15) is 5.26 Å². The number of halogens is 1. The molecule has 0 heterocycles. The fraction of sp³-hybridized carbons (Fsp3) is 0.150. The highest BCUT2D eigenvalue weighted by Crippen LogP contribution is 2.18. The summed E-state index contributed by atoms with van der Waals surface area (Å²) in [5.74, 6) is -1.28. The first-order valence-electron chi connectivity index (χ1n) is 7.93. The molecule has 0 atom stereocenters. The number of rotatable bonds is 8. The van der Waals surface area contributed by atoms with Crippen LogP contribution in [0.4, 0.5) is 4.39 Å². The third-order valence-electron chi connectivity index (χ3n) is 3.43. The van der Waals surface area contributed by atoms with Crippen LogP contribution in [0.1, 0.15) is 17.5 Å². The highest BCUT2D eigenvalue weighted by molar-refractivity contribution is 5.81. The Morgan fingerprint density at radius 3 is 2.48 bits per heavy atom. The molecule has 2 aromatic carbocycles. The first kappa shape index (κ1) is 19.7. The molecule has 0 N–H and O–H groups in total. The van der Waals surface area contributed by atoms with Crippen LogP contribution in [-0.4, -0.2) is 18.7 Å². The molecule has 0 bridgehead atoms. The molecule has 0 saturated heterocycles. The van der Waals surface area contributed by atoms with Crippen LogP contribution in [0.2, 0.25) is 0 Å². The average Bonchev–Trinajstić information content (AvgIpc) is 2.67. The minimum absolute atomic E-state index is 0.0503. The number of benzene rings is 2. The van der Waals surface area contributed by atoms with Crippen molar-refractivity contribution in [2.75, 3.05) is 6.79 Å². The van der Waals surface area contributed by atoms with Crippen LogP contribution in [0.15, 0.2) is 55.1 Å². The number of carbonyl (C=O) groups is 2. The molecule has 7 heteroatoms. The lowest BCUT2D eigenvalue weighted by Gasteiger charge is -2.07. The average molecular weight is 369 g/mol. The van der Waals surface area contributed by atoms with Gasteiger partial charge in [0.05, 0.1) is 5.56 Å². The molecule has 0 aliphatic carbocycles. The zero-order valence-corrected chi connectivity index (χ0v) is 14.3. The van der Waals surface area contributed by atoms with E-state index in [0.717, 1.165) is 17.7 Å². The van der Waals surface area contributed by atoms with Gasteiger partial charge in [0, 0.05) is 18.6 Å². The third-order valence-corrected chi connectivity index (χ3v) is 3.43. The fourth-order valence-electron chi connectivity index (χ4n) is 2.05. The number of nitriles is 1. The second kappa shape index (κ2) is 9.73. The Morgan fingerprint density at radius 2 is 1.85 bits per heavy atom. The number of esters is 2. The van der Waals surface area contributed by atoms with Crippen molar-refractivity contribution >= 4 is 11.9 Å². The molecule has 138 valence electrons. The first-order chi connectivity index (χ1) is 13.0. The Bertz CT molecular complexity index is 871. The van der Waals surface area contributed by atoms with Gasteiger partial charge in [-0.3, -0.25) is 4.79 Å². The number of nitrogens with zero attached hydrogens (tertiary/aromatic N) is 1. The molecule has 0 spiro atoms. The summed E-state index contributed by atoms with van der Waals surface area (Å²) in [6, 6.07) is 12.2. The lowest BCUT2D eigenvalue weighted by atomic mass is 10.1. The minimum atomic E-state index is -0.739. The fourth-order valence-corrected chi connectivity index (χ4v) is 2.05. The number of hydrogen-bond acceptors (Lipinski definition) is 6. The van der Waals surface area contributed by atoms with Crippen molar-refractivity contribution in [3.8, 4) is 17.6 Å². The van der Waals surface area contributed by atoms with Gasteiger partial charge in [0.15, 0.2) is 0 Å². The molecular formula is C20H16FNO5. The molecule has 2 rings (SSSR count). The predicted octanol–water partition coefficient (Wildman–Crippen LogP) is 3.30. The summed E-state index contributed by atoms with van der Waals surface area (Å²) in [6.45, 7) is 3.05. The van der Waals surface area contributed by atoms with Crippen LogP contribution >= 0.6 is 0 Å². The van der Waals surface area contributed by atoms with Gasteiger partial charge in [-0.1, -0.05) is 18.7 Å². The summed E-state index contributed by atoms with van der Waals surface area (Å²) in [7, 11) is 0. The van der Waals surface area contributed by atoms with Gasteiger partial charge in [-0.25, -0.2) is 9.18 Å². The molecule has 6 nitrogen and oxygen atoms in total. The van der Waals surface area contributed by atoms with E-state index in [1.165, 1.54) is 12.1 Å². The normalized spacial score (nSPS) is 9.78. The SMILES string of the molecule is C=CC(=O)OCOc1ccc(CCC(=O)Oc2ccc(C#N)c(F)c2)cc1. The molecule has 0 saturated carbocycles. The van der Waals surface area contributed by atoms with E-state index in [1.54, 1.807) is 30.3 Å². The zero-order valence-electron chi connectivity index (χ0n) is 14.3. The molecule has 0 aliphatic heterocycles. The van der Waals surface area contributed by atoms with Gasteiger partial charge < -0.3 is 14.2 Å². The summed E-state index contributed by atoms with van der Waals surface area (Å²) in [4.78, 5) is 22.7. The second-order valence-electron chi connectivity index (χ2n) is 5.30. The molecule has 0 unspecified atom stereocenters. The van der Waals surface area contributed by atoms with E-state index in [0.29, 0.717) is 12.2 Å². The smallest absolute Gasteiger partial charge is 0.333 e. The molecule has 0 fully saturated rings. The van der Waals surface area contributed by atoms with Crippen molar-refractivity contribution in [2.45, 2.75) is 12.8 Å². The molecule has 2 aromatic rings. The summed E-state index contributed by atoms with van der Waals surface area (Å²) >= 11 is 0. The van der Waals surface area contributed by atoms with Crippen molar-refractivity contribution in [1.29, 1.82) is 5.26 Å². The van der Waals surface area contributed by atoms with Crippen LogP contribution in [0.3, 0.4) is 0 Å². The monoisotopic (exact) mass is 369 g/mol. The van der Waals surface area contributed by atoms with E-state index in [-0.39, 0.29) is 24.5 Å². The highest BCUT2D eigenvalue weighted by Gasteiger charge is 2.09. The van der Waals surface area contributed by atoms with Crippen molar-refractivity contribution in [2.24, 2.45) is 0 Å². The van der Waals surface area contributed by atoms with Crippen LogP contribution in [-0.2, 0) is 20.7 Å². The van der Waals surface area contributed by atoms with Gasteiger partial charge in [0.1, 0.15) is 23.4 Å². The Hall–Kier alpha value is -3.66. The van der Waals surface area contributed by atoms with Crippen molar-refractivity contribution in [1.82, 2.24) is 0 Å². The largest absolute Gasteiger partial charge is 0.457 e. The summed E-state index contributed by atoms with van der Waals surface area (Å²) in [6.07, 6.45) is 1.56. The maximum absolute atomic E-state index is 13.5. The third kappa shape index (κ3) is 6.29. The van der Waals surface area contributed by atoms with Crippen LogP contribution < -0.4 is 9.47 Å². The number of aryl methyl sites for hydroxylation is 1. The topological polar surface area (TPSA) is 85.6 Å². The number of hydrogen-bond donors (Lipinski definition) is 0. The Balaban J connectivity index is 1.79. The van der Waals surface area contributed by atoms with Crippen LogP contribution in [0.25, 0.3) is 0 Å². The van der Waals surface area contributed by atoms with Crippen LogP contribution in [0, 0.1) is 17.1 Å².